The maximum atomic E-state index is 13.3. The zero-order chi connectivity index (χ0) is 41.2. The Morgan fingerprint density at radius 2 is 1.39 bits per heavy atom. The number of H-pyrrole nitrogens is 1. The summed E-state index contributed by atoms with van der Waals surface area (Å²) in [5.41, 5.74) is 8.56. The first-order chi connectivity index (χ1) is 28.2. The van der Waals surface area contributed by atoms with Crippen LogP contribution < -0.4 is 0 Å². The Balaban J connectivity index is 0.916. The number of carbonyl (C=O) groups is 2. The molecule has 2 bridgehead atoms. The molecule has 4 aromatic carbocycles. The third kappa shape index (κ3) is 7.76. The molecule has 59 heavy (non-hydrogen) atoms. The predicted molar refractivity (Wildman–Crippen MR) is 236 cm³/mol. The van der Waals surface area contributed by atoms with Crippen LogP contribution in [0, 0.1) is 11.8 Å². The van der Waals surface area contributed by atoms with Gasteiger partial charge in [-0.2, -0.15) is 0 Å². The summed E-state index contributed by atoms with van der Waals surface area (Å²) in [7, 11) is 0. The van der Waals surface area contributed by atoms with Gasteiger partial charge < -0.3 is 14.5 Å². The average molecular weight is 792 g/mol. The molecule has 9 heteroatoms. The Bertz CT molecular complexity index is 2480. The smallest absolute Gasteiger partial charge is 0.411 e. The molecular formula is C50H57N5O4. The molecule has 4 aliphatic rings. The number of ether oxygens (including phenoxy) is 2. The number of fused-ring (bicyclic) bond motifs is 4. The van der Waals surface area contributed by atoms with E-state index in [1.807, 2.05) is 51.3 Å². The quantitative estimate of drug-likeness (QED) is 0.185. The second-order valence-electron chi connectivity index (χ2n) is 19.1. The second kappa shape index (κ2) is 15.0. The number of aromatic amines is 1. The summed E-state index contributed by atoms with van der Waals surface area (Å²) in [4.78, 5) is 44.2. The number of likely N-dealkylation sites (tertiary alicyclic amines) is 2. The number of allylic oxidation sites excluding steroid dienone is 1. The number of carbonyl (C=O) groups excluding carboxylic acids is 2. The zero-order valence-corrected chi connectivity index (χ0v) is 35.5. The van der Waals surface area contributed by atoms with Gasteiger partial charge in [0, 0.05) is 29.8 Å². The van der Waals surface area contributed by atoms with Gasteiger partial charge in [-0.1, -0.05) is 67.6 Å². The Morgan fingerprint density at radius 3 is 2.08 bits per heavy atom. The van der Waals surface area contributed by atoms with E-state index in [9.17, 15) is 9.59 Å². The SMILES string of the molecule is CCC1CC=C(c2ccc3cc(-c4ccc(-c5ccc6nc(C7C8CCC(C8)N7C(=O)OC(C)(C)C)[nH]c6c5)cc4)ccc3c2)N=C1C1CCCN1C(=O)OC(C)(C)C. The molecule has 1 saturated carbocycles. The van der Waals surface area contributed by atoms with Crippen LogP contribution in [0.25, 0.3) is 49.8 Å². The summed E-state index contributed by atoms with van der Waals surface area (Å²) < 4.78 is 11.6. The molecule has 3 aliphatic heterocycles. The Kier molecular flexibility index (Phi) is 9.92. The number of nitrogens with one attached hydrogen (secondary N) is 1. The highest BCUT2D eigenvalue weighted by Crippen LogP contribution is 2.50. The van der Waals surface area contributed by atoms with E-state index in [0.29, 0.717) is 18.4 Å². The molecule has 2 saturated heterocycles. The summed E-state index contributed by atoms with van der Waals surface area (Å²) in [6.07, 6.45) is 8.70. The molecule has 9 nitrogen and oxygen atoms in total. The van der Waals surface area contributed by atoms with Gasteiger partial charge in [0.25, 0.3) is 0 Å². The molecule has 0 radical (unpaired) electrons. The highest BCUT2D eigenvalue weighted by Gasteiger charge is 2.51. The minimum atomic E-state index is -0.543. The molecule has 4 heterocycles. The monoisotopic (exact) mass is 791 g/mol. The number of hydrogen-bond donors (Lipinski definition) is 1. The fraction of sp³-hybridized carbons (Fsp3) is 0.440. The van der Waals surface area contributed by atoms with E-state index in [-0.39, 0.29) is 30.3 Å². The number of aliphatic imine (C=N–C) groups is 1. The van der Waals surface area contributed by atoms with Gasteiger partial charge >= 0.3 is 12.2 Å². The van der Waals surface area contributed by atoms with Crippen LogP contribution in [0.4, 0.5) is 9.59 Å². The van der Waals surface area contributed by atoms with E-state index in [0.717, 1.165) is 101 Å². The number of benzene rings is 4. The molecular weight excluding hydrogens is 735 g/mol. The average Bonchev–Trinajstić information content (AvgIpc) is 4.03. The molecule has 1 N–H and O–H groups in total. The molecule has 3 fully saturated rings. The van der Waals surface area contributed by atoms with Crippen LogP contribution >= 0.6 is 0 Å². The summed E-state index contributed by atoms with van der Waals surface area (Å²) in [6, 6.07) is 28.5. The number of piperidine rings is 1. The van der Waals surface area contributed by atoms with Crippen molar-refractivity contribution in [3.63, 3.8) is 0 Å². The number of hydrogen-bond acceptors (Lipinski definition) is 6. The standard InChI is InChI=1S/C50H57N5O4/c1-8-30-20-23-40(51-44(30)43-10-9-25-54(43)47(56)58-49(2,3)4)37-18-17-34-26-33(15-16-35(34)27-37)31-11-13-32(14-12-31)36-21-24-41-42(29-36)53-46(52-41)45-38-19-22-39(28-38)55(45)48(57)59-50(5,6)7/h11-18,21,23-24,26-27,29-30,38-39,43,45H,8-10,19-20,22,25,28H2,1-7H3,(H,52,53). The number of amides is 2. The fourth-order valence-corrected chi connectivity index (χ4v) is 9.88. The highest BCUT2D eigenvalue weighted by molar-refractivity contribution is 6.00. The van der Waals surface area contributed by atoms with Gasteiger partial charge in [0.1, 0.15) is 17.0 Å². The van der Waals surface area contributed by atoms with E-state index >= 15 is 0 Å². The van der Waals surface area contributed by atoms with Gasteiger partial charge in [0.05, 0.1) is 28.8 Å². The van der Waals surface area contributed by atoms with E-state index in [4.69, 9.17) is 19.5 Å². The number of rotatable bonds is 6. The van der Waals surface area contributed by atoms with Crippen LogP contribution in [0.1, 0.15) is 111 Å². The third-order valence-electron chi connectivity index (χ3n) is 12.6. The lowest BCUT2D eigenvalue weighted by Gasteiger charge is -2.35. The van der Waals surface area contributed by atoms with Gasteiger partial charge in [-0.3, -0.25) is 14.8 Å². The van der Waals surface area contributed by atoms with Gasteiger partial charge in [-0.05, 0) is 150 Å². The van der Waals surface area contributed by atoms with Gasteiger partial charge in [0.15, 0.2) is 0 Å². The van der Waals surface area contributed by atoms with Crippen molar-refractivity contribution < 1.29 is 19.1 Å². The van der Waals surface area contributed by atoms with E-state index in [1.165, 1.54) is 10.8 Å². The van der Waals surface area contributed by atoms with Crippen molar-refractivity contribution in [2.24, 2.45) is 16.8 Å². The molecule has 5 aromatic rings. The lowest BCUT2D eigenvalue weighted by atomic mass is 9.87. The minimum Gasteiger partial charge on any atom is -0.444 e. The molecule has 0 spiro atoms. The van der Waals surface area contributed by atoms with Crippen LogP contribution in [-0.2, 0) is 9.47 Å². The normalized spacial score (nSPS) is 23.2. The van der Waals surface area contributed by atoms with E-state index in [2.05, 4.69) is 96.8 Å². The van der Waals surface area contributed by atoms with Crippen LogP contribution in [0.15, 0.2) is 89.9 Å². The Labute approximate surface area is 347 Å². The van der Waals surface area contributed by atoms with E-state index in [1.54, 1.807) is 0 Å². The molecule has 2 amide bonds. The van der Waals surface area contributed by atoms with Crippen LogP contribution in [0.2, 0.25) is 0 Å². The molecule has 9 rings (SSSR count). The highest BCUT2D eigenvalue weighted by atomic mass is 16.6. The van der Waals surface area contributed by atoms with Crippen molar-refractivity contribution in [2.45, 2.75) is 123 Å². The first-order valence-electron chi connectivity index (χ1n) is 21.7. The summed E-state index contributed by atoms with van der Waals surface area (Å²) in [6.45, 7) is 14.4. The second-order valence-corrected chi connectivity index (χ2v) is 19.1. The zero-order valence-electron chi connectivity index (χ0n) is 35.5. The number of imidazole rings is 1. The Hall–Kier alpha value is -5.44. The van der Waals surface area contributed by atoms with Crippen molar-refractivity contribution in [2.75, 3.05) is 6.54 Å². The lowest BCUT2D eigenvalue weighted by molar-refractivity contribution is 0.00617. The summed E-state index contributed by atoms with van der Waals surface area (Å²) in [5, 5.41) is 2.34. The number of aromatic nitrogens is 2. The fourth-order valence-electron chi connectivity index (χ4n) is 9.88. The topological polar surface area (TPSA) is 100 Å². The minimum absolute atomic E-state index is 0.0236. The summed E-state index contributed by atoms with van der Waals surface area (Å²) >= 11 is 0. The van der Waals surface area contributed by atoms with Crippen molar-refractivity contribution >= 4 is 45.4 Å². The maximum Gasteiger partial charge on any atom is 0.411 e. The third-order valence-corrected chi connectivity index (χ3v) is 12.6. The van der Waals surface area contributed by atoms with Crippen molar-refractivity contribution in [1.82, 2.24) is 19.8 Å². The Morgan fingerprint density at radius 1 is 0.763 bits per heavy atom. The van der Waals surface area contributed by atoms with Crippen LogP contribution in [0.5, 0.6) is 0 Å². The summed E-state index contributed by atoms with van der Waals surface area (Å²) in [5.74, 6) is 1.56. The maximum absolute atomic E-state index is 13.3. The molecule has 306 valence electrons. The predicted octanol–water partition coefficient (Wildman–Crippen LogP) is 12.1. The molecule has 5 unspecified atom stereocenters. The molecule has 5 atom stereocenters. The largest absolute Gasteiger partial charge is 0.444 e. The van der Waals surface area contributed by atoms with Crippen molar-refractivity contribution in [3.05, 3.63) is 96.3 Å². The van der Waals surface area contributed by atoms with Gasteiger partial charge in [-0.15, -0.1) is 0 Å². The molecule has 1 aromatic heterocycles. The van der Waals surface area contributed by atoms with Crippen molar-refractivity contribution in [3.8, 4) is 22.3 Å². The molecule has 1 aliphatic carbocycles. The first-order valence-corrected chi connectivity index (χ1v) is 21.7. The first kappa shape index (κ1) is 39.0. The van der Waals surface area contributed by atoms with Crippen molar-refractivity contribution in [1.29, 1.82) is 0 Å². The van der Waals surface area contributed by atoms with Crippen LogP contribution in [0.3, 0.4) is 0 Å². The van der Waals surface area contributed by atoms with Gasteiger partial charge in [-0.25, -0.2) is 14.6 Å². The van der Waals surface area contributed by atoms with Crippen LogP contribution in [-0.4, -0.2) is 67.5 Å². The van der Waals surface area contributed by atoms with Gasteiger partial charge in [0.2, 0.25) is 0 Å². The van der Waals surface area contributed by atoms with E-state index < -0.39 is 11.2 Å². The lowest BCUT2D eigenvalue weighted by Crippen LogP contribution is -2.45. The number of nitrogens with zero attached hydrogens (tertiary/aromatic N) is 4.